The van der Waals surface area contributed by atoms with Crippen LogP contribution in [-0.4, -0.2) is 30.7 Å². The van der Waals surface area contributed by atoms with Crippen LogP contribution in [0.2, 0.25) is 0 Å². The van der Waals surface area contributed by atoms with Gasteiger partial charge in [-0.3, -0.25) is 4.79 Å². The molecule has 0 saturated carbocycles. The lowest BCUT2D eigenvalue weighted by atomic mass is 10.2. The van der Waals surface area contributed by atoms with E-state index in [1.165, 1.54) is 30.2 Å². The molecule has 0 fully saturated rings. The van der Waals surface area contributed by atoms with Gasteiger partial charge in [-0.1, -0.05) is 11.3 Å². The molecular formula is C8H8O4S2. The Balaban J connectivity index is 3.40. The Morgan fingerprint density at radius 3 is 2.64 bits per heavy atom. The number of carbonyl (C=O) groups excluding carboxylic acids is 1. The number of thiophene rings is 1. The van der Waals surface area contributed by atoms with E-state index in [2.05, 4.69) is 0 Å². The molecule has 1 N–H and O–H groups in total. The molecule has 0 saturated heterocycles. The summed E-state index contributed by atoms with van der Waals surface area (Å²) in [4.78, 5) is 21.6. The van der Waals surface area contributed by atoms with Gasteiger partial charge in [-0.25, -0.2) is 4.79 Å². The Morgan fingerprint density at radius 2 is 2.29 bits per heavy atom. The summed E-state index contributed by atoms with van der Waals surface area (Å²) in [5.74, 6) is -1.14. The summed E-state index contributed by atoms with van der Waals surface area (Å²) in [5, 5.41) is 9.14. The molecule has 0 unspecified atom stereocenters. The number of aromatic carboxylic acids is 1. The lowest BCUT2D eigenvalue weighted by Crippen LogP contribution is -2.01. The van der Waals surface area contributed by atoms with Gasteiger partial charge in [-0.15, -0.1) is 11.8 Å². The van der Waals surface area contributed by atoms with Crippen molar-refractivity contribution >= 4 is 35.4 Å². The molecule has 1 heterocycles. The second kappa shape index (κ2) is 4.47. The lowest BCUT2D eigenvalue weighted by Gasteiger charge is -1.96. The number of methoxy groups -OCH3 is 1. The zero-order valence-corrected chi connectivity index (χ0v) is 9.20. The van der Waals surface area contributed by atoms with Crippen molar-refractivity contribution in [1.29, 1.82) is 0 Å². The van der Waals surface area contributed by atoms with Gasteiger partial charge in [0.1, 0.15) is 5.56 Å². The highest BCUT2D eigenvalue weighted by Crippen LogP contribution is 2.39. The van der Waals surface area contributed by atoms with Gasteiger partial charge in [0.2, 0.25) is 0 Å². The van der Waals surface area contributed by atoms with Gasteiger partial charge in [-0.2, -0.15) is 0 Å². The van der Waals surface area contributed by atoms with E-state index >= 15 is 0 Å². The molecular weight excluding hydrogens is 224 g/mol. The van der Waals surface area contributed by atoms with Crippen molar-refractivity contribution in [1.82, 2.24) is 0 Å². The highest BCUT2D eigenvalue weighted by atomic mass is 32.2. The van der Waals surface area contributed by atoms with E-state index in [-0.39, 0.29) is 16.2 Å². The van der Waals surface area contributed by atoms with Crippen LogP contribution in [0.4, 0.5) is 0 Å². The number of carboxylic acids is 1. The first-order chi connectivity index (χ1) is 6.65. The average Bonchev–Trinajstić information content (AvgIpc) is 2.54. The fourth-order valence-electron chi connectivity index (χ4n) is 1.01. The third kappa shape index (κ3) is 1.76. The molecule has 4 nitrogen and oxygen atoms in total. The first kappa shape index (κ1) is 11.1. The maximum atomic E-state index is 10.8. The van der Waals surface area contributed by atoms with Gasteiger partial charge in [0.05, 0.1) is 16.9 Å². The topological polar surface area (TPSA) is 63.6 Å². The van der Waals surface area contributed by atoms with Gasteiger partial charge in [0.15, 0.2) is 11.3 Å². The number of ether oxygens (including phenoxy) is 1. The van der Waals surface area contributed by atoms with E-state index in [0.29, 0.717) is 10.5 Å². The summed E-state index contributed by atoms with van der Waals surface area (Å²) in [5.41, 5.74) is 0.156. The lowest BCUT2D eigenvalue weighted by molar-refractivity contribution is 0.0691. The number of aldehydes is 1. The Bertz CT molecular complexity index is 370. The normalized spacial score (nSPS) is 9.86. The maximum Gasteiger partial charge on any atom is 0.341 e. The van der Waals surface area contributed by atoms with Crippen molar-refractivity contribution in [3.8, 4) is 5.06 Å². The molecule has 1 aromatic rings. The van der Waals surface area contributed by atoms with Crippen LogP contribution in [-0.2, 0) is 0 Å². The highest BCUT2D eigenvalue weighted by molar-refractivity contribution is 8.00. The minimum Gasteiger partial charge on any atom is -0.487 e. The van der Waals surface area contributed by atoms with E-state index in [9.17, 15) is 9.59 Å². The first-order valence-corrected chi connectivity index (χ1v) is 5.63. The van der Waals surface area contributed by atoms with Crippen LogP contribution >= 0.6 is 23.1 Å². The number of hydrogen-bond donors (Lipinski definition) is 1. The van der Waals surface area contributed by atoms with Crippen molar-refractivity contribution in [3.63, 3.8) is 0 Å². The van der Waals surface area contributed by atoms with Crippen LogP contribution in [0, 0.1) is 0 Å². The zero-order chi connectivity index (χ0) is 10.7. The van der Waals surface area contributed by atoms with Crippen LogP contribution < -0.4 is 4.74 Å². The van der Waals surface area contributed by atoms with E-state index in [0.717, 1.165) is 0 Å². The second-order valence-corrected chi connectivity index (χ2v) is 4.35. The molecule has 0 bridgehead atoms. The molecule has 0 spiro atoms. The molecule has 0 aliphatic rings. The van der Waals surface area contributed by atoms with Crippen LogP contribution in [0.5, 0.6) is 5.06 Å². The Morgan fingerprint density at radius 1 is 1.64 bits per heavy atom. The van der Waals surface area contributed by atoms with Crippen LogP contribution in [0.1, 0.15) is 20.7 Å². The quantitative estimate of drug-likeness (QED) is 0.635. The van der Waals surface area contributed by atoms with Crippen molar-refractivity contribution in [3.05, 3.63) is 11.1 Å². The standard InChI is InChI=1S/C8H8O4S2/c1-12-7-5(6(10)11)4(3-9)8(13-2)14-7/h3H,1-2H3,(H,10,11). The molecule has 0 atom stereocenters. The smallest absolute Gasteiger partial charge is 0.341 e. The molecule has 0 radical (unpaired) electrons. The van der Waals surface area contributed by atoms with Gasteiger partial charge < -0.3 is 9.84 Å². The number of carbonyl (C=O) groups is 2. The second-order valence-electron chi connectivity index (χ2n) is 2.30. The zero-order valence-electron chi connectivity index (χ0n) is 7.57. The van der Waals surface area contributed by atoms with Gasteiger partial charge >= 0.3 is 5.97 Å². The van der Waals surface area contributed by atoms with E-state index in [1.807, 2.05) is 0 Å². The highest BCUT2D eigenvalue weighted by Gasteiger charge is 2.23. The van der Waals surface area contributed by atoms with Crippen molar-refractivity contribution in [2.75, 3.05) is 13.4 Å². The third-order valence-corrected chi connectivity index (χ3v) is 3.88. The van der Waals surface area contributed by atoms with E-state index in [1.54, 1.807) is 6.26 Å². The van der Waals surface area contributed by atoms with Crippen molar-refractivity contribution in [2.24, 2.45) is 0 Å². The van der Waals surface area contributed by atoms with Crippen LogP contribution in [0.25, 0.3) is 0 Å². The summed E-state index contributed by atoms with van der Waals surface area (Å²) in [6.07, 6.45) is 2.33. The molecule has 0 aromatic carbocycles. The first-order valence-electron chi connectivity index (χ1n) is 3.59. The molecule has 1 aromatic heterocycles. The maximum absolute atomic E-state index is 10.8. The molecule has 0 amide bonds. The molecule has 1 rings (SSSR count). The fourth-order valence-corrected chi connectivity index (χ4v) is 2.75. The summed E-state index contributed by atoms with van der Waals surface area (Å²) >= 11 is 2.50. The van der Waals surface area contributed by atoms with E-state index in [4.69, 9.17) is 9.84 Å². The molecule has 14 heavy (non-hydrogen) atoms. The molecule has 76 valence electrons. The van der Waals surface area contributed by atoms with Gasteiger partial charge in [0.25, 0.3) is 0 Å². The number of carboxylic acid groups (broad SMARTS) is 1. The Kier molecular flexibility index (Phi) is 3.54. The third-order valence-electron chi connectivity index (χ3n) is 1.58. The molecule has 0 aliphatic heterocycles. The minimum atomic E-state index is -1.14. The van der Waals surface area contributed by atoms with Crippen molar-refractivity contribution in [2.45, 2.75) is 4.21 Å². The van der Waals surface area contributed by atoms with Crippen molar-refractivity contribution < 1.29 is 19.4 Å². The number of rotatable bonds is 4. The summed E-state index contributed by atoms with van der Waals surface area (Å²) in [6.45, 7) is 0. The number of hydrogen-bond acceptors (Lipinski definition) is 5. The average molecular weight is 232 g/mol. The SMILES string of the molecule is COc1sc(SC)c(C=O)c1C(=O)O. The summed E-state index contributed by atoms with van der Waals surface area (Å²) < 4.78 is 5.56. The Hall–Kier alpha value is -1.01. The van der Waals surface area contributed by atoms with Crippen LogP contribution in [0.3, 0.4) is 0 Å². The van der Waals surface area contributed by atoms with E-state index < -0.39 is 5.97 Å². The predicted molar refractivity (Wildman–Crippen MR) is 55.0 cm³/mol. The predicted octanol–water partition coefficient (Wildman–Crippen LogP) is 1.99. The Labute approximate surface area is 88.9 Å². The van der Waals surface area contributed by atoms with Gasteiger partial charge in [-0.05, 0) is 6.26 Å². The largest absolute Gasteiger partial charge is 0.487 e. The number of thioether (sulfide) groups is 1. The summed E-state index contributed by atoms with van der Waals surface area (Å²) in [6, 6.07) is 0. The summed E-state index contributed by atoms with van der Waals surface area (Å²) in [7, 11) is 1.39. The molecule has 0 aliphatic carbocycles. The molecule has 6 heteroatoms. The monoisotopic (exact) mass is 232 g/mol. The van der Waals surface area contributed by atoms with Gasteiger partial charge in [0, 0.05) is 0 Å². The minimum absolute atomic E-state index is 0.0446. The van der Waals surface area contributed by atoms with Crippen LogP contribution in [0.15, 0.2) is 4.21 Å². The fraction of sp³-hybridized carbons (Fsp3) is 0.250.